The zero-order chi connectivity index (χ0) is 50.0. The molecule has 18 nitrogen and oxygen atoms in total. The van der Waals surface area contributed by atoms with Crippen molar-refractivity contribution in [1.82, 2.24) is 10.6 Å². The van der Waals surface area contributed by atoms with Crippen molar-refractivity contribution in [2.24, 2.45) is 0 Å². The van der Waals surface area contributed by atoms with E-state index in [4.69, 9.17) is 67.2 Å². The van der Waals surface area contributed by atoms with Crippen LogP contribution in [0.25, 0.3) is 0 Å². The lowest BCUT2D eigenvalue weighted by Crippen LogP contribution is -2.49. The summed E-state index contributed by atoms with van der Waals surface area (Å²) in [7, 11) is 15.9. The largest absolute Gasteiger partial charge is 0.493 e. The molecular formula is C50H64N2O16. The van der Waals surface area contributed by atoms with E-state index in [1.165, 1.54) is 25.3 Å². The Kier molecular flexibility index (Phi) is 20.0. The molecule has 18 heteroatoms. The molecule has 2 aliphatic rings. The van der Waals surface area contributed by atoms with Gasteiger partial charge in [0.25, 0.3) is 0 Å². The van der Waals surface area contributed by atoms with Gasteiger partial charge < -0.3 is 68.2 Å². The summed E-state index contributed by atoms with van der Waals surface area (Å²) in [5, 5.41) is 22.2. The fraction of sp³-hybridized carbons (Fsp3) is 0.440. The number of ether oxygens (including phenoxy) is 10. The van der Waals surface area contributed by atoms with Gasteiger partial charge in [-0.2, -0.15) is 0 Å². The monoisotopic (exact) mass is 948 g/mol. The van der Waals surface area contributed by atoms with Crippen LogP contribution in [0.1, 0.15) is 59.1 Å². The number of methoxy groups -OCH3 is 10. The van der Waals surface area contributed by atoms with Gasteiger partial charge in [0.15, 0.2) is 46.0 Å². The third kappa shape index (κ3) is 13.2. The lowest BCUT2D eigenvalue weighted by atomic mass is 9.75. The van der Waals surface area contributed by atoms with Crippen LogP contribution in [0.2, 0.25) is 0 Å². The molecule has 0 fully saturated rings. The van der Waals surface area contributed by atoms with Gasteiger partial charge in [0.2, 0.25) is 0 Å². The number of hydrogen-bond donors (Lipinski definition) is 4. The maximum atomic E-state index is 12.0. The average molecular weight is 949 g/mol. The minimum Gasteiger partial charge on any atom is -0.493 e. The van der Waals surface area contributed by atoms with Crippen LogP contribution in [0.15, 0.2) is 60.7 Å². The fourth-order valence-electron chi connectivity index (χ4n) is 8.66. The number of rotatable bonds is 18. The van der Waals surface area contributed by atoms with Crippen molar-refractivity contribution >= 4 is 23.9 Å². The quantitative estimate of drug-likeness (QED) is 0.0696. The molecule has 0 spiro atoms. The Balaban J connectivity index is 0.000000265. The first kappa shape index (κ1) is 53.7. The summed E-state index contributed by atoms with van der Waals surface area (Å²) in [5.41, 5.74) is 5.77. The summed E-state index contributed by atoms with van der Waals surface area (Å²) in [5.74, 6) is 1.33. The van der Waals surface area contributed by atoms with Crippen LogP contribution >= 0.6 is 0 Å². The molecule has 0 saturated carbocycles. The highest BCUT2D eigenvalue weighted by Gasteiger charge is 2.40. The van der Waals surface area contributed by atoms with Gasteiger partial charge in [-0.25, -0.2) is 9.59 Å². The molecule has 2 atom stereocenters. The van der Waals surface area contributed by atoms with Crippen LogP contribution in [0.5, 0.6) is 46.0 Å². The topological polar surface area (TPSA) is 225 Å². The van der Waals surface area contributed by atoms with Gasteiger partial charge in [-0.1, -0.05) is 12.1 Å². The Labute approximate surface area is 397 Å². The molecule has 0 saturated heterocycles. The summed E-state index contributed by atoms with van der Waals surface area (Å²) in [6.07, 6.45) is 4.80. The van der Waals surface area contributed by atoms with Crippen molar-refractivity contribution in [3.63, 3.8) is 0 Å². The van der Waals surface area contributed by atoms with Crippen LogP contribution in [0, 0.1) is 0 Å². The molecule has 0 radical (unpaired) electrons. The Bertz CT molecular complexity index is 2210. The van der Waals surface area contributed by atoms with Gasteiger partial charge in [-0.3, -0.25) is 9.59 Å². The minimum atomic E-state index is -1.82. The first-order chi connectivity index (χ1) is 32.6. The van der Waals surface area contributed by atoms with E-state index in [9.17, 15) is 9.59 Å². The molecule has 4 aromatic rings. The van der Waals surface area contributed by atoms with E-state index in [-0.39, 0.29) is 11.9 Å². The van der Waals surface area contributed by atoms with Gasteiger partial charge in [0.1, 0.15) is 0 Å². The van der Waals surface area contributed by atoms with Crippen molar-refractivity contribution in [3.05, 3.63) is 94.0 Å². The van der Waals surface area contributed by atoms with Crippen LogP contribution in [-0.4, -0.2) is 118 Å². The molecule has 4 aromatic carbocycles. The van der Waals surface area contributed by atoms with Crippen LogP contribution in [0.4, 0.5) is 0 Å². The van der Waals surface area contributed by atoms with Crippen molar-refractivity contribution in [3.8, 4) is 46.0 Å². The highest BCUT2D eigenvalue weighted by Crippen LogP contribution is 2.44. The van der Waals surface area contributed by atoms with Crippen LogP contribution in [-0.2, 0) is 65.4 Å². The second kappa shape index (κ2) is 25.3. The van der Waals surface area contributed by atoms with E-state index in [0.717, 1.165) is 48.2 Å². The minimum absolute atomic E-state index is 0.235. The predicted octanol–water partition coefficient (Wildman–Crippen LogP) is 5.67. The van der Waals surface area contributed by atoms with Gasteiger partial charge in [-0.15, -0.1) is 0 Å². The van der Waals surface area contributed by atoms with E-state index in [1.54, 1.807) is 56.9 Å². The molecule has 6 rings (SSSR count). The molecule has 0 bridgehead atoms. The molecule has 2 aliphatic heterocycles. The van der Waals surface area contributed by atoms with Gasteiger partial charge in [0, 0.05) is 37.0 Å². The Morgan fingerprint density at radius 3 is 1.06 bits per heavy atom. The Morgan fingerprint density at radius 1 is 0.456 bits per heavy atom. The second-order valence-electron chi connectivity index (χ2n) is 15.7. The van der Waals surface area contributed by atoms with Gasteiger partial charge >= 0.3 is 23.9 Å². The van der Waals surface area contributed by atoms with Crippen molar-refractivity contribution in [2.75, 3.05) is 84.2 Å². The lowest BCUT2D eigenvalue weighted by molar-refractivity contribution is -0.159. The normalized spacial score (nSPS) is 16.6. The average Bonchev–Trinajstić information content (AvgIpc) is 3.36. The first-order valence-electron chi connectivity index (χ1n) is 21.7. The number of carbonyl (C=O) groups is 4. The highest BCUT2D eigenvalue weighted by atomic mass is 16.5. The van der Waals surface area contributed by atoms with E-state index in [2.05, 4.69) is 10.6 Å². The van der Waals surface area contributed by atoms with E-state index in [0.29, 0.717) is 84.5 Å². The lowest BCUT2D eigenvalue weighted by Gasteiger charge is -2.41. The van der Waals surface area contributed by atoms with Crippen molar-refractivity contribution in [1.29, 1.82) is 0 Å². The van der Waals surface area contributed by atoms with E-state index < -0.39 is 23.0 Å². The number of hydrogen-bond acceptors (Lipinski definition) is 16. The smallest absolute Gasteiger partial charge is 0.414 e. The maximum Gasteiger partial charge on any atom is 0.414 e. The van der Waals surface area contributed by atoms with Crippen LogP contribution in [0.3, 0.4) is 0 Å². The van der Waals surface area contributed by atoms with Crippen molar-refractivity contribution < 1.29 is 76.8 Å². The zero-order valence-electron chi connectivity index (χ0n) is 40.5. The van der Waals surface area contributed by atoms with Gasteiger partial charge in [-0.05, 0) is 120 Å². The number of nitrogens with one attached hydrogen (secondary N) is 2. The molecule has 4 N–H and O–H groups in total. The standard InChI is InChI=1S/2C24H31NO6.C2H2O4/c2*1-27-19-7-6-16(12-20(19)28-2)15-24(10-8-23(26)31-5)18-14-22(30-4)21(29-3)13-17(18)9-11-25-24;3-1(4)2(5)6/h2*6-7,12-14,25H,8-11,15H2,1-5H3;(H,3,4)(H,5,6)/t2*24-;/m11./s1. The number of carboxylic acid groups (broad SMARTS) is 2. The molecule has 68 heavy (non-hydrogen) atoms. The summed E-state index contributed by atoms with van der Waals surface area (Å²) in [6, 6.07) is 19.9. The number of carbonyl (C=O) groups excluding carboxylic acids is 2. The van der Waals surface area contributed by atoms with E-state index in [1.807, 2.05) is 60.7 Å². The highest BCUT2D eigenvalue weighted by molar-refractivity contribution is 6.27. The van der Waals surface area contributed by atoms with Crippen LogP contribution < -0.4 is 48.5 Å². The molecule has 0 amide bonds. The Hall–Kier alpha value is -6.92. The summed E-state index contributed by atoms with van der Waals surface area (Å²) < 4.78 is 53.8. The SMILES string of the molecule is COC(=O)CC[C@]1(Cc2ccc(OC)c(OC)c2)NCCc2cc(OC)c(OC)cc21.COC(=O)CC[C@]1(Cc2ccc(OC)c(OC)c2)NCCc2cc(OC)c(OC)cc21.O=C(O)C(=O)O. The third-order valence-electron chi connectivity index (χ3n) is 12.0. The number of carboxylic acids is 2. The number of benzene rings is 4. The number of esters is 2. The second-order valence-corrected chi connectivity index (χ2v) is 15.7. The third-order valence-corrected chi connectivity index (χ3v) is 12.0. The molecule has 2 heterocycles. The predicted molar refractivity (Wildman–Crippen MR) is 250 cm³/mol. The number of aliphatic carboxylic acids is 2. The molecule has 0 aromatic heterocycles. The zero-order valence-corrected chi connectivity index (χ0v) is 40.5. The molecule has 370 valence electrons. The Morgan fingerprint density at radius 2 is 0.765 bits per heavy atom. The summed E-state index contributed by atoms with van der Waals surface area (Å²) in [4.78, 5) is 42.3. The molecule has 0 unspecified atom stereocenters. The molecule has 0 aliphatic carbocycles. The summed E-state index contributed by atoms with van der Waals surface area (Å²) >= 11 is 0. The number of fused-ring (bicyclic) bond motifs is 2. The van der Waals surface area contributed by atoms with E-state index >= 15 is 0 Å². The fourth-order valence-corrected chi connectivity index (χ4v) is 8.66. The van der Waals surface area contributed by atoms with Crippen molar-refractivity contribution in [2.45, 2.75) is 62.4 Å². The maximum absolute atomic E-state index is 12.0. The van der Waals surface area contributed by atoms with Gasteiger partial charge in [0.05, 0.1) is 71.1 Å². The molecular weight excluding hydrogens is 885 g/mol. The first-order valence-corrected chi connectivity index (χ1v) is 21.7. The summed E-state index contributed by atoms with van der Waals surface area (Å²) in [6.45, 7) is 1.58.